The van der Waals surface area contributed by atoms with Crippen molar-refractivity contribution in [1.29, 1.82) is 0 Å². The fourth-order valence-corrected chi connectivity index (χ4v) is 10.1. The predicted octanol–water partition coefficient (Wildman–Crippen LogP) is 6.47. The summed E-state index contributed by atoms with van der Waals surface area (Å²) in [5, 5.41) is 10.2. The van der Waals surface area contributed by atoms with Crippen LogP contribution in [0.15, 0.2) is 30.5 Å². The van der Waals surface area contributed by atoms with Crippen LogP contribution in [0.2, 0.25) is 0 Å². The summed E-state index contributed by atoms with van der Waals surface area (Å²) in [6.07, 6.45) is -1.59. The van der Waals surface area contributed by atoms with Gasteiger partial charge in [-0.05, 0) is 26.8 Å². The average molecular weight is 780 g/mol. The molecule has 0 bridgehead atoms. The van der Waals surface area contributed by atoms with Crippen molar-refractivity contribution in [2.75, 3.05) is 37.5 Å². The fourth-order valence-electron chi connectivity index (χ4n) is 4.67. The molecule has 1 saturated carbocycles. The Labute approximate surface area is 274 Å². The molecule has 46 heavy (non-hydrogen) atoms. The van der Waals surface area contributed by atoms with E-state index in [-0.39, 0.29) is 21.3 Å². The SMILES string of the molecule is CC(C)(C)OC(=O)Nc1sc(-c2ccccc2F)nc1C(=O)Nc1cnn(CC2CC2)c1N1CCCI(NC(=O)C(F)(F)F)CC1. The van der Waals surface area contributed by atoms with Crippen LogP contribution in [0.3, 0.4) is 0 Å². The van der Waals surface area contributed by atoms with Crippen molar-refractivity contribution in [2.45, 2.75) is 58.4 Å². The molecule has 2 aliphatic rings. The van der Waals surface area contributed by atoms with E-state index in [0.717, 1.165) is 24.2 Å². The standard InChI is InChI=1S/C29H34F4IN7O4S/c1-28(2,3)45-27(44)38-24-21(37-23(46-24)18-7-4-5-8-19(18)30)22(42)36-20-15-35-41(16-17-9-10-17)25(20)40-13-6-11-34(12-14-40)39-26(43)29(31,32)33/h4-5,7-8,15,17H,6,9-14,16H2,1-3H3,(H,36,42)(H,38,44)(H,39,43). The number of ether oxygens (including phenoxy) is 1. The number of carbonyl (C=O) groups is 3. The topological polar surface area (TPSA) is 130 Å². The Morgan fingerprint density at radius 2 is 1.83 bits per heavy atom. The van der Waals surface area contributed by atoms with Gasteiger partial charge in [0.1, 0.15) is 5.60 Å². The Morgan fingerprint density at radius 1 is 1.09 bits per heavy atom. The molecule has 1 aliphatic heterocycles. The van der Waals surface area contributed by atoms with Gasteiger partial charge in [0.25, 0.3) is 0 Å². The Morgan fingerprint density at radius 3 is 2.50 bits per heavy atom. The maximum absolute atomic E-state index is 14.7. The van der Waals surface area contributed by atoms with E-state index in [9.17, 15) is 31.9 Å². The molecule has 0 unspecified atom stereocenters. The first-order valence-electron chi connectivity index (χ1n) is 14.6. The number of anilines is 3. The Balaban J connectivity index is 1.41. The van der Waals surface area contributed by atoms with E-state index < -0.39 is 55.6 Å². The molecule has 1 aliphatic carbocycles. The van der Waals surface area contributed by atoms with Crippen LogP contribution in [0, 0.1) is 11.7 Å². The Bertz CT molecular complexity index is 1600. The van der Waals surface area contributed by atoms with Gasteiger partial charge >= 0.3 is 226 Å². The monoisotopic (exact) mass is 779 g/mol. The van der Waals surface area contributed by atoms with Crippen LogP contribution in [0.1, 0.15) is 50.5 Å². The minimum atomic E-state index is -4.93. The number of nitrogens with one attached hydrogen (secondary N) is 3. The van der Waals surface area contributed by atoms with Gasteiger partial charge in [-0.1, -0.05) is 12.1 Å². The summed E-state index contributed by atoms with van der Waals surface area (Å²) >= 11 is -1.52. The molecule has 17 heteroatoms. The van der Waals surface area contributed by atoms with E-state index in [1.807, 2.05) is 4.90 Å². The van der Waals surface area contributed by atoms with E-state index in [0.29, 0.717) is 52.3 Å². The average Bonchev–Trinajstić information content (AvgIpc) is 3.62. The molecule has 11 nitrogen and oxygen atoms in total. The van der Waals surface area contributed by atoms with Gasteiger partial charge in [-0.3, -0.25) is 0 Å². The molecule has 3 amide bonds. The van der Waals surface area contributed by atoms with Crippen LogP contribution in [0.4, 0.5) is 38.9 Å². The third-order valence-corrected chi connectivity index (χ3v) is 13.0. The molecule has 0 radical (unpaired) electrons. The second-order valence-corrected chi connectivity index (χ2v) is 18.2. The molecule has 2 fully saturated rings. The molecule has 5 rings (SSSR count). The first-order chi connectivity index (χ1) is 21.7. The van der Waals surface area contributed by atoms with Gasteiger partial charge in [-0.15, -0.1) is 0 Å². The van der Waals surface area contributed by atoms with Gasteiger partial charge in [0.05, 0.1) is 0 Å². The van der Waals surface area contributed by atoms with Gasteiger partial charge in [0.2, 0.25) is 0 Å². The molecule has 0 atom stereocenters. The summed E-state index contributed by atoms with van der Waals surface area (Å²) in [6.45, 7) is 6.55. The normalized spacial score (nSPS) is 16.5. The van der Waals surface area contributed by atoms with E-state index in [1.54, 1.807) is 31.5 Å². The van der Waals surface area contributed by atoms with Crippen LogP contribution in [0.5, 0.6) is 0 Å². The number of aromatic nitrogens is 3. The quantitative estimate of drug-likeness (QED) is 0.104. The number of amides is 3. The molecular formula is C29H34F4IN7O4S. The molecule has 3 aromatic rings. The summed E-state index contributed by atoms with van der Waals surface area (Å²) in [5.74, 6) is -2.10. The number of halogens is 5. The molecule has 1 aromatic carbocycles. The number of nitrogens with zero attached hydrogens (tertiary/aromatic N) is 4. The summed E-state index contributed by atoms with van der Waals surface area (Å²) < 4.78 is 63.6. The van der Waals surface area contributed by atoms with Crippen molar-refractivity contribution < 1.29 is 36.7 Å². The zero-order valence-electron chi connectivity index (χ0n) is 25.3. The molecular weight excluding hydrogens is 745 g/mol. The Kier molecular flexibility index (Phi) is 10.1. The van der Waals surface area contributed by atoms with Gasteiger partial charge < -0.3 is 0 Å². The van der Waals surface area contributed by atoms with Crippen LogP contribution in [-0.2, 0) is 16.1 Å². The molecule has 1 saturated heterocycles. The summed E-state index contributed by atoms with van der Waals surface area (Å²) in [4.78, 5) is 44.4. The number of alkyl halides is 5. The van der Waals surface area contributed by atoms with Crippen LogP contribution in [-0.4, -0.2) is 66.4 Å². The van der Waals surface area contributed by atoms with Crippen molar-refractivity contribution in [3.05, 3.63) is 42.0 Å². The first kappa shape index (κ1) is 33.9. The van der Waals surface area contributed by atoms with Gasteiger partial charge in [-0.25, -0.2) is 4.39 Å². The summed E-state index contributed by atoms with van der Waals surface area (Å²) in [5.41, 5.74) is -0.468. The third-order valence-electron chi connectivity index (χ3n) is 6.90. The molecule has 3 heterocycles. The summed E-state index contributed by atoms with van der Waals surface area (Å²) in [6, 6.07) is 5.94. The van der Waals surface area contributed by atoms with E-state index in [4.69, 9.17) is 4.74 Å². The van der Waals surface area contributed by atoms with Crippen molar-refractivity contribution in [3.8, 4) is 10.6 Å². The van der Waals surface area contributed by atoms with E-state index >= 15 is 0 Å². The van der Waals surface area contributed by atoms with Crippen molar-refractivity contribution in [2.24, 2.45) is 5.92 Å². The van der Waals surface area contributed by atoms with Crippen LogP contribution >= 0.6 is 31.4 Å². The third kappa shape index (κ3) is 8.65. The first-order valence-corrected chi connectivity index (χ1v) is 19.5. The molecule has 2 aromatic heterocycles. The van der Waals surface area contributed by atoms with Gasteiger partial charge in [0.15, 0.2) is 0 Å². The number of carbonyl (C=O) groups excluding carboxylic acids is 3. The van der Waals surface area contributed by atoms with Crippen LogP contribution in [0.25, 0.3) is 10.6 Å². The molecule has 0 spiro atoms. The van der Waals surface area contributed by atoms with Gasteiger partial charge in [0, 0.05) is 0 Å². The number of hydrogen-bond acceptors (Lipinski definition) is 8. The van der Waals surface area contributed by atoms with Gasteiger partial charge in [-0.2, -0.15) is 0 Å². The van der Waals surface area contributed by atoms with Crippen LogP contribution < -0.4 is 19.1 Å². The number of hydrogen-bond donors (Lipinski definition) is 3. The van der Waals surface area contributed by atoms with E-state index in [2.05, 4.69) is 24.2 Å². The molecule has 250 valence electrons. The second-order valence-electron chi connectivity index (χ2n) is 11.9. The predicted molar refractivity (Wildman–Crippen MR) is 175 cm³/mol. The van der Waals surface area contributed by atoms with E-state index in [1.165, 1.54) is 24.4 Å². The number of benzene rings is 1. The second kappa shape index (κ2) is 13.7. The number of rotatable bonds is 8. The van der Waals surface area contributed by atoms with Crippen molar-refractivity contribution >= 4 is 65.8 Å². The Hall–Kier alpha value is -3.48. The zero-order chi connectivity index (χ0) is 33.2. The summed E-state index contributed by atoms with van der Waals surface area (Å²) in [7, 11) is 0. The van der Waals surface area contributed by atoms with Crippen molar-refractivity contribution in [3.63, 3.8) is 0 Å². The van der Waals surface area contributed by atoms with Crippen molar-refractivity contribution in [1.82, 2.24) is 18.3 Å². The minimum absolute atomic E-state index is 0.0571. The number of thiazole rings is 1. The molecule has 3 N–H and O–H groups in total. The fraction of sp³-hybridized carbons (Fsp3) is 0.483. The maximum atomic E-state index is 14.7. The zero-order valence-corrected chi connectivity index (χ0v) is 28.3.